The minimum Gasteiger partial charge on any atom is -0.480 e. The highest BCUT2D eigenvalue weighted by atomic mass is 32.2. The number of aromatic nitrogens is 2. The van der Waals surface area contributed by atoms with Crippen LogP contribution in [0.4, 0.5) is 0 Å². The summed E-state index contributed by atoms with van der Waals surface area (Å²) in [5.41, 5.74) is 1.90. The molecule has 6 nitrogen and oxygen atoms in total. The van der Waals surface area contributed by atoms with Crippen molar-refractivity contribution in [2.75, 3.05) is 12.0 Å². The van der Waals surface area contributed by atoms with Crippen molar-refractivity contribution in [2.45, 2.75) is 39.3 Å². The van der Waals surface area contributed by atoms with Crippen LogP contribution in [0.3, 0.4) is 0 Å². The van der Waals surface area contributed by atoms with Crippen LogP contribution in [0.15, 0.2) is 6.07 Å². The van der Waals surface area contributed by atoms with Gasteiger partial charge in [0.1, 0.15) is 6.04 Å². The number of thioether (sulfide) groups is 1. The molecule has 0 unspecified atom stereocenters. The number of nitrogens with one attached hydrogen (secondary N) is 1. The van der Waals surface area contributed by atoms with E-state index in [1.807, 2.05) is 26.2 Å². The Morgan fingerprint density at radius 2 is 2.20 bits per heavy atom. The number of hydrogen-bond acceptors (Lipinski definition) is 4. The quantitative estimate of drug-likeness (QED) is 0.754. The average Bonchev–Trinajstić information content (AvgIpc) is 2.70. The Kier molecular flexibility index (Phi) is 6.57. The van der Waals surface area contributed by atoms with Crippen molar-refractivity contribution in [3.63, 3.8) is 0 Å². The molecule has 1 atom stereocenters. The number of carbonyl (C=O) groups excluding carboxylic acids is 1. The fraction of sp³-hybridized carbons (Fsp3) is 0.615. The van der Waals surface area contributed by atoms with Gasteiger partial charge in [-0.1, -0.05) is 0 Å². The molecule has 0 fully saturated rings. The van der Waals surface area contributed by atoms with E-state index < -0.39 is 12.0 Å². The first-order valence-corrected chi connectivity index (χ1v) is 7.85. The summed E-state index contributed by atoms with van der Waals surface area (Å²) in [4.78, 5) is 22.8. The van der Waals surface area contributed by atoms with Crippen LogP contribution < -0.4 is 5.32 Å². The molecule has 0 spiro atoms. The van der Waals surface area contributed by atoms with Gasteiger partial charge in [0.25, 0.3) is 0 Å². The van der Waals surface area contributed by atoms with Crippen LogP contribution in [-0.2, 0) is 16.1 Å². The second-order valence-corrected chi connectivity index (χ2v) is 5.63. The molecule has 7 heteroatoms. The van der Waals surface area contributed by atoms with Crippen molar-refractivity contribution in [3.8, 4) is 0 Å². The molecule has 1 aromatic heterocycles. The Labute approximate surface area is 122 Å². The van der Waals surface area contributed by atoms with E-state index in [0.717, 1.165) is 11.4 Å². The second kappa shape index (κ2) is 7.94. The fourth-order valence-electron chi connectivity index (χ4n) is 1.87. The molecule has 112 valence electrons. The molecule has 2 N–H and O–H groups in total. The molecule has 0 aliphatic carbocycles. The van der Waals surface area contributed by atoms with Crippen LogP contribution in [0.1, 0.15) is 24.2 Å². The maximum Gasteiger partial charge on any atom is 0.326 e. The van der Waals surface area contributed by atoms with Crippen LogP contribution in [0.25, 0.3) is 0 Å². The van der Waals surface area contributed by atoms with E-state index in [-0.39, 0.29) is 12.3 Å². The highest BCUT2D eigenvalue weighted by molar-refractivity contribution is 7.98. The van der Waals surface area contributed by atoms with Gasteiger partial charge >= 0.3 is 5.97 Å². The summed E-state index contributed by atoms with van der Waals surface area (Å²) in [5.74, 6) is -0.543. The van der Waals surface area contributed by atoms with E-state index in [1.165, 1.54) is 0 Å². The minimum absolute atomic E-state index is 0.227. The predicted octanol–water partition coefficient (Wildman–Crippen LogP) is 1.21. The van der Waals surface area contributed by atoms with E-state index in [0.29, 0.717) is 18.7 Å². The molecule has 0 saturated carbocycles. The van der Waals surface area contributed by atoms with Gasteiger partial charge in [-0.3, -0.25) is 9.48 Å². The topological polar surface area (TPSA) is 84.2 Å². The van der Waals surface area contributed by atoms with Gasteiger partial charge in [0.15, 0.2) is 0 Å². The smallest absolute Gasteiger partial charge is 0.326 e. The van der Waals surface area contributed by atoms with E-state index in [4.69, 9.17) is 5.11 Å². The van der Waals surface area contributed by atoms with Crippen molar-refractivity contribution in [1.29, 1.82) is 0 Å². The summed E-state index contributed by atoms with van der Waals surface area (Å²) in [6.45, 7) is 4.28. The van der Waals surface area contributed by atoms with E-state index in [2.05, 4.69) is 10.4 Å². The highest BCUT2D eigenvalue weighted by Gasteiger charge is 2.19. The van der Waals surface area contributed by atoms with Gasteiger partial charge in [0.2, 0.25) is 5.91 Å². The van der Waals surface area contributed by atoms with Crippen molar-refractivity contribution in [3.05, 3.63) is 17.5 Å². The molecule has 0 saturated heterocycles. The number of carboxylic acid groups (broad SMARTS) is 1. The lowest BCUT2D eigenvalue weighted by Gasteiger charge is -2.14. The molecule has 1 amide bonds. The SMILES string of the molecule is CSCC[C@@H](NC(=O)CCn1nc(C)cc1C)C(=O)O. The molecule has 1 heterocycles. The van der Waals surface area contributed by atoms with Crippen molar-refractivity contribution in [2.24, 2.45) is 0 Å². The molecule has 0 radical (unpaired) electrons. The summed E-state index contributed by atoms with van der Waals surface area (Å²) in [6, 6.07) is 1.13. The van der Waals surface area contributed by atoms with Crippen molar-refractivity contribution < 1.29 is 14.7 Å². The van der Waals surface area contributed by atoms with Crippen LogP contribution in [0, 0.1) is 13.8 Å². The summed E-state index contributed by atoms with van der Waals surface area (Å²) >= 11 is 1.56. The van der Waals surface area contributed by atoms with E-state index >= 15 is 0 Å². The fourth-order valence-corrected chi connectivity index (χ4v) is 2.34. The number of rotatable bonds is 8. The molecular formula is C13H21N3O3S. The number of carboxylic acids is 1. The Morgan fingerprint density at radius 1 is 1.50 bits per heavy atom. The Balaban J connectivity index is 2.45. The largest absolute Gasteiger partial charge is 0.480 e. The molecule has 0 bridgehead atoms. The van der Waals surface area contributed by atoms with Crippen LogP contribution in [0.5, 0.6) is 0 Å². The molecule has 1 rings (SSSR count). The standard InChI is InChI=1S/C13H21N3O3S/c1-9-8-10(2)16(15-9)6-4-12(17)14-11(13(18)19)5-7-20-3/h8,11H,4-7H2,1-3H3,(H,14,17)(H,18,19)/t11-/m1/s1. The Hall–Kier alpha value is -1.50. The van der Waals surface area contributed by atoms with Crippen molar-refractivity contribution in [1.82, 2.24) is 15.1 Å². The zero-order valence-electron chi connectivity index (χ0n) is 12.0. The first-order chi connectivity index (χ1) is 9.43. The van der Waals surface area contributed by atoms with Gasteiger partial charge in [-0.2, -0.15) is 16.9 Å². The third-order valence-corrected chi connectivity index (χ3v) is 3.54. The van der Waals surface area contributed by atoms with Gasteiger partial charge in [-0.15, -0.1) is 0 Å². The third-order valence-electron chi connectivity index (χ3n) is 2.90. The van der Waals surface area contributed by atoms with Crippen LogP contribution in [0.2, 0.25) is 0 Å². The molecular weight excluding hydrogens is 278 g/mol. The van der Waals surface area contributed by atoms with Gasteiger partial charge in [0.05, 0.1) is 5.69 Å². The number of aryl methyl sites for hydroxylation is 3. The maximum atomic E-state index is 11.8. The lowest BCUT2D eigenvalue weighted by Crippen LogP contribution is -2.41. The van der Waals surface area contributed by atoms with E-state index in [1.54, 1.807) is 16.4 Å². The molecule has 1 aromatic rings. The zero-order valence-corrected chi connectivity index (χ0v) is 12.9. The number of nitrogens with zero attached hydrogens (tertiary/aromatic N) is 2. The molecule has 0 aromatic carbocycles. The highest BCUT2D eigenvalue weighted by Crippen LogP contribution is 2.04. The monoisotopic (exact) mass is 299 g/mol. The first-order valence-electron chi connectivity index (χ1n) is 6.46. The Bertz CT molecular complexity index is 473. The normalized spacial score (nSPS) is 12.2. The number of hydrogen-bond donors (Lipinski definition) is 2. The summed E-state index contributed by atoms with van der Waals surface area (Å²) in [5, 5.41) is 15.9. The molecule has 20 heavy (non-hydrogen) atoms. The summed E-state index contributed by atoms with van der Waals surface area (Å²) in [7, 11) is 0. The number of carbonyl (C=O) groups is 2. The van der Waals surface area contributed by atoms with Gasteiger partial charge < -0.3 is 10.4 Å². The molecule has 0 aliphatic rings. The first kappa shape index (κ1) is 16.6. The maximum absolute atomic E-state index is 11.8. The van der Waals surface area contributed by atoms with Crippen molar-refractivity contribution >= 4 is 23.6 Å². The van der Waals surface area contributed by atoms with Crippen LogP contribution in [-0.4, -0.2) is 44.8 Å². The minimum atomic E-state index is -0.987. The zero-order chi connectivity index (χ0) is 15.1. The lowest BCUT2D eigenvalue weighted by molar-refractivity contribution is -0.141. The number of aliphatic carboxylic acids is 1. The van der Waals surface area contributed by atoms with Crippen LogP contribution >= 0.6 is 11.8 Å². The summed E-state index contributed by atoms with van der Waals surface area (Å²) < 4.78 is 1.76. The van der Waals surface area contributed by atoms with Gasteiger partial charge in [0, 0.05) is 18.7 Å². The summed E-state index contributed by atoms with van der Waals surface area (Å²) in [6.07, 6.45) is 2.57. The predicted molar refractivity (Wildman–Crippen MR) is 78.9 cm³/mol. The van der Waals surface area contributed by atoms with Gasteiger partial charge in [-0.25, -0.2) is 4.79 Å². The Morgan fingerprint density at radius 3 is 2.70 bits per heavy atom. The average molecular weight is 299 g/mol. The van der Waals surface area contributed by atoms with E-state index in [9.17, 15) is 9.59 Å². The third kappa shape index (κ3) is 5.24. The van der Waals surface area contributed by atoms with Gasteiger partial charge in [-0.05, 0) is 38.3 Å². The lowest BCUT2D eigenvalue weighted by atomic mass is 10.2. The number of amides is 1. The second-order valence-electron chi connectivity index (χ2n) is 4.64. The molecule has 0 aliphatic heterocycles.